The number of hydrogen-bond acceptors (Lipinski definition) is 2. The van der Waals surface area contributed by atoms with E-state index >= 15 is 0 Å². The van der Waals surface area contributed by atoms with Gasteiger partial charge in [-0.1, -0.05) is 49.2 Å². The lowest BCUT2D eigenvalue weighted by molar-refractivity contribution is 0.635. The van der Waals surface area contributed by atoms with Crippen LogP contribution in [0.15, 0.2) is 29.6 Å². The Morgan fingerprint density at radius 2 is 2.00 bits per heavy atom. The van der Waals surface area contributed by atoms with Gasteiger partial charge in [0.1, 0.15) is 0 Å². The quantitative estimate of drug-likeness (QED) is 0.788. The first-order chi connectivity index (χ1) is 9.19. The van der Waals surface area contributed by atoms with Crippen LogP contribution in [-0.4, -0.2) is 6.54 Å². The van der Waals surface area contributed by atoms with Gasteiger partial charge < -0.3 is 5.32 Å². The summed E-state index contributed by atoms with van der Waals surface area (Å²) < 4.78 is 0. The van der Waals surface area contributed by atoms with Crippen LogP contribution in [0.25, 0.3) is 0 Å². The zero-order chi connectivity index (χ0) is 13.8. The number of aryl methyl sites for hydroxylation is 1. The standard InChI is InChI=1S/C15H17Cl2NS/c1-3-10-8-9-19-15(10)14(18-4-2)11-6-5-7-12(16)13(11)17/h5-9,14,18H,3-4H2,1-2H3. The molecule has 19 heavy (non-hydrogen) atoms. The van der Waals surface area contributed by atoms with E-state index in [9.17, 15) is 0 Å². The molecule has 0 radical (unpaired) electrons. The fourth-order valence-corrected chi connectivity index (χ4v) is 3.69. The average Bonchev–Trinajstić information content (AvgIpc) is 2.88. The number of halogens is 2. The van der Waals surface area contributed by atoms with E-state index in [0.717, 1.165) is 18.5 Å². The smallest absolute Gasteiger partial charge is 0.0688 e. The van der Waals surface area contributed by atoms with E-state index in [1.54, 1.807) is 11.3 Å². The van der Waals surface area contributed by atoms with E-state index in [1.807, 2.05) is 18.2 Å². The van der Waals surface area contributed by atoms with Crippen LogP contribution in [0, 0.1) is 0 Å². The molecule has 1 atom stereocenters. The Hall–Kier alpha value is -0.540. The third-order valence-electron chi connectivity index (χ3n) is 3.12. The highest BCUT2D eigenvalue weighted by molar-refractivity contribution is 7.10. The molecule has 0 aliphatic heterocycles. The highest BCUT2D eigenvalue weighted by Crippen LogP contribution is 2.36. The Balaban J connectivity index is 2.48. The molecule has 1 aromatic heterocycles. The number of thiophene rings is 1. The van der Waals surface area contributed by atoms with Gasteiger partial charge >= 0.3 is 0 Å². The largest absolute Gasteiger partial charge is 0.306 e. The molecule has 1 heterocycles. The van der Waals surface area contributed by atoms with Crippen LogP contribution in [0.1, 0.15) is 35.9 Å². The van der Waals surface area contributed by atoms with Gasteiger partial charge in [-0.05, 0) is 41.6 Å². The van der Waals surface area contributed by atoms with Crippen molar-refractivity contribution < 1.29 is 0 Å². The fourth-order valence-electron chi connectivity index (χ4n) is 2.18. The van der Waals surface area contributed by atoms with Crippen molar-refractivity contribution in [3.05, 3.63) is 55.7 Å². The molecule has 0 saturated carbocycles. The van der Waals surface area contributed by atoms with Crippen molar-refractivity contribution in [1.82, 2.24) is 5.32 Å². The first kappa shape index (κ1) is 14.9. The monoisotopic (exact) mass is 313 g/mol. The molecule has 1 unspecified atom stereocenters. The molecule has 0 bridgehead atoms. The van der Waals surface area contributed by atoms with Crippen molar-refractivity contribution in [1.29, 1.82) is 0 Å². The van der Waals surface area contributed by atoms with E-state index in [1.165, 1.54) is 10.4 Å². The minimum atomic E-state index is 0.117. The van der Waals surface area contributed by atoms with E-state index in [-0.39, 0.29) is 6.04 Å². The van der Waals surface area contributed by atoms with Gasteiger partial charge in [0.2, 0.25) is 0 Å². The molecule has 2 aromatic rings. The lowest BCUT2D eigenvalue weighted by atomic mass is 10.0. The van der Waals surface area contributed by atoms with Crippen LogP contribution in [-0.2, 0) is 6.42 Å². The summed E-state index contributed by atoms with van der Waals surface area (Å²) in [5.41, 5.74) is 2.42. The Labute approximate surface area is 128 Å². The van der Waals surface area contributed by atoms with Crippen LogP contribution >= 0.6 is 34.5 Å². The first-order valence-corrected chi connectivity index (χ1v) is 8.06. The number of hydrogen-bond donors (Lipinski definition) is 1. The molecule has 0 spiro atoms. The molecule has 0 aliphatic rings. The SMILES string of the molecule is CCNC(c1cccc(Cl)c1Cl)c1sccc1CC. The Bertz CT molecular complexity index is 551. The minimum absolute atomic E-state index is 0.117. The first-order valence-electron chi connectivity index (χ1n) is 6.42. The Morgan fingerprint density at radius 1 is 1.21 bits per heavy atom. The number of benzene rings is 1. The van der Waals surface area contributed by atoms with E-state index in [0.29, 0.717) is 10.0 Å². The molecule has 0 fully saturated rings. The maximum absolute atomic E-state index is 6.37. The number of rotatable bonds is 5. The maximum Gasteiger partial charge on any atom is 0.0688 e. The molecule has 1 N–H and O–H groups in total. The van der Waals surface area contributed by atoms with Gasteiger partial charge in [0.05, 0.1) is 16.1 Å². The van der Waals surface area contributed by atoms with Crippen molar-refractivity contribution in [2.45, 2.75) is 26.3 Å². The van der Waals surface area contributed by atoms with E-state index < -0.39 is 0 Å². The normalized spacial score (nSPS) is 12.6. The summed E-state index contributed by atoms with van der Waals surface area (Å²) in [5.74, 6) is 0. The zero-order valence-corrected chi connectivity index (χ0v) is 13.4. The second-order valence-corrected chi connectivity index (χ2v) is 6.03. The zero-order valence-electron chi connectivity index (χ0n) is 11.0. The molecule has 0 saturated heterocycles. The minimum Gasteiger partial charge on any atom is -0.306 e. The van der Waals surface area contributed by atoms with Gasteiger partial charge in [-0.15, -0.1) is 11.3 Å². The van der Waals surface area contributed by atoms with Crippen LogP contribution < -0.4 is 5.32 Å². The molecule has 1 aromatic carbocycles. The van der Waals surface area contributed by atoms with Gasteiger partial charge in [0, 0.05) is 4.88 Å². The highest BCUT2D eigenvalue weighted by Gasteiger charge is 2.20. The molecule has 102 valence electrons. The third-order valence-corrected chi connectivity index (χ3v) is 4.98. The summed E-state index contributed by atoms with van der Waals surface area (Å²) >= 11 is 14.3. The summed E-state index contributed by atoms with van der Waals surface area (Å²) in [6.45, 7) is 5.16. The number of nitrogens with one attached hydrogen (secondary N) is 1. The molecule has 1 nitrogen and oxygen atoms in total. The average molecular weight is 314 g/mol. The van der Waals surface area contributed by atoms with E-state index in [4.69, 9.17) is 23.2 Å². The predicted octanol–water partition coefficient (Wildman–Crippen LogP) is 5.32. The van der Waals surface area contributed by atoms with Gasteiger partial charge in [-0.2, -0.15) is 0 Å². The molecule has 4 heteroatoms. The topological polar surface area (TPSA) is 12.0 Å². The second kappa shape index (κ2) is 6.76. The van der Waals surface area contributed by atoms with Crippen LogP contribution in [0.3, 0.4) is 0 Å². The van der Waals surface area contributed by atoms with Crippen molar-refractivity contribution in [3.63, 3.8) is 0 Å². The molecule has 0 aliphatic carbocycles. The van der Waals surface area contributed by atoms with Crippen LogP contribution in [0.5, 0.6) is 0 Å². The lowest BCUT2D eigenvalue weighted by Gasteiger charge is -2.20. The summed E-state index contributed by atoms with van der Waals surface area (Å²) in [6.07, 6.45) is 1.03. The highest BCUT2D eigenvalue weighted by atomic mass is 35.5. The maximum atomic E-state index is 6.37. The predicted molar refractivity (Wildman–Crippen MR) is 85.7 cm³/mol. The fraction of sp³-hybridized carbons (Fsp3) is 0.333. The molecule has 2 rings (SSSR count). The summed E-state index contributed by atoms with van der Waals surface area (Å²) in [4.78, 5) is 1.33. The van der Waals surface area contributed by atoms with Crippen LogP contribution in [0.4, 0.5) is 0 Å². The Kier molecular flexibility index (Phi) is 5.28. The molecular weight excluding hydrogens is 297 g/mol. The van der Waals surface area contributed by atoms with Gasteiger partial charge in [0.15, 0.2) is 0 Å². The second-order valence-electron chi connectivity index (χ2n) is 4.30. The van der Waals surface area contributed by atoms with E-state index in [2.05, 4.69) is 30.6 Å². The summed E-state index contributed by atoms with van der Waals surface area (Å²) in [6, 6.07) is 8.12. The summed E-state index contributed by atoms with van der Waals surface area (Å²) in [5, 5.41) is 6.90. The Morgan fingerprint density at radius 3 is 2.68 bits per heavy atom. The van der Waals surface area contributed by atoms with Crippen LogP contribution in [0.2, 0.25) is 10.0 Å². The van der Waals surface area contributed by atoms with Gasteiger partial charge in [0.25, 0.3) is 0 Å². The molecular formula is C15H17Cl2NS. The van der Waals surface area contributed by atoms with Crippen molar-refractivity contribution in [2.75, 3.05) is 6.54 Å². The van der Waals surface area contributed by atoms with Crippen molar-refractivity contribution in [2.24, 2.45) is 0 Å². The van der Waals surface area contributed by atoms with Gasteiger partial charge in [-0.25, -0.2) is 0 Å². The van der Waals surface area contributed by atoms with Gasteiger partial charge in [-0.3, -0.25) is 0 Å². The molecule has 0 amide bonds. The van der Waals surface area contributed by atoms with Crippen molar-refractivity contribution in [3.8, 4) is 0 Å². The third kappa shape index (κ3) is 3.14. The lowest BCUT2D eigenvalue weighted by Crippen LogP contribution is -2.22. The summed E-state index contributed by atoms with van der Waals surface area (Å²) in [7, 11) is 0. The van der Waals surface area contributed by atoms with Crippen molar-refractivity contribution >= 4 is 34.5 Å².